The van der Waals surface area contributed by atoms with Crippen LogP contribution in [0.25, 0.3) is 16.7 Å². The summed E-state index contributed by atoms with van der Waals surface area (Å²) in [5.41, 5.74) is 4.83. The molecule has 0 aliphatic carbocycles. The zero-order valence-corrected chi connectivity index (χ0v) is 18.7. The number of hydrogen-bond acceptors (Lipinski definition) is 5. The molecule has 7 heteroatoms. The summed E-state index contributed by atoms with van der Waals surface area (Å²) in [6, 6.07) is 16.9. The van der Waals surface area contributed by atoms with E-state index in [-0.39, 0.29) is 35.9 Å². The highest BCUT2D eigenvalue weighted by Gasteiger charge is 2.18. The zero-order chi connectivity index (χ0) is 23.5. The van der Waals surface area contributed by atoms with Crippen molar-refractivity contribution in [3.05, 3.63) is 82.5 Å². The van der Waals surface area contributed by atoms with Crippen molar-refractivity contribution in [2.24, 2.45) is 0 Å². The van der Waals surface area contributed by atoms with E-state index in [1.807, 2.05) is 32.9 Å². The highest BCUT2D eigenvalue weighted by molar-refractivity contribution is 6.00. The van der Waals surface area contributed by atoms with E-state index in [9.17, 15) is 14.9 Å². The number of amides is 1. The maximum Gasteiger partial charge on any atom is 0.226 e. The number of aromatic nitrogens is 3. The van der Waals surface area contributed by atoms with Crippen LogP contribution >= 0.6 is 0 Å². The van der Waals surface area contributed by atoms with Gasteiger partial charge in [0.1, 0.15) is 11.6 Å². The van der Waals surface area contributed by atoms with Crippen molar-refractivity contribution in [1.82, 2.24) is 14.8 Å². The number of benzene rings is 2. The van der Waals surface area contributed by atoms with Crippen LogP contribution in [0.4, 0.5) is 5.82 Å². The lowest BCUT2D eigenvalue weighted by atomic mass is 10.0. The number of Topliss-reactive ketones (excluding diaryl/α,β-unsaturated/α-hetero) is 1. The van der Waals surface area contributed by atoms with Gasteiger partial charge in [0.2, 0.25) is 5.91 Å². The molecule has 4 aromatic rings. The van der Waals surface area contributed by atoms with Gasteiger partial charge in [-0.25, -0.2) is 4.98 Å². The monoisotopic (exact) mass is 437 g/mol. The molecule has 2 aromatic carbocycles. The molecule has 0 radical (unpaired) electrons. The van der Waals surface area contributed by atoms with Gasteiger partial charge in [0, 0.05) is 23.8 Å². The summed E-state index contributed by atoms with van der Waals surface area (Å²) in [4.78, 5) is 29.7. The number of carbonyl (C=O) groups is 2. The van der Waals surface area contributed by atoms with Gasteiger partial charge in [-0.05, 0) is 44.0 Å². The summed E-state index contributed by atoms with van der Waals surface area (Å²) >= 11 is 0. The van der Waals surface area contributed by atoms with Gasteiger partial charge in [-0.1, -0.05) is 42.0 Å². The third-order valence-corrected chi connectivity index (χ3v) is 5.48. The fourth-order valence-electron chi connectivity index (χ4n) is 3.85. The molecule has 4 rings (SSSR count). The first-order chi connectivity index (χ1) is 15.9. The standard InChI is InChI=1S/C26H23N5O2/c1-16-11-18(3)25-21(12-16)17(2)13-23(29-25)31-26(20(14-27)15-28-31)30-24(33)10-9-22(32)19-7-5-4-6-8-19/h4-8,11-13,15H,9-10H2,1-3H3,(H,30,33). The van der Waals surface area contributed by atoms with Crippen LogP contribution in [0.1, 0.15) is 45.5 Å². The Labute approximate surface area is 191 Å². The van der Waals surface area contributed by atoms with Gasteiger partial charge in [0.05, 0.1) is 11.7 Å². The summed E-state index contributed by atoms with van der Waals surface area (Å²) in [7, 11) is 0. The maximum atomic E-state index is 12.6. The third-order valence-electron chi connectivity index (χ3n) is 5.48. The van der Waals surface area contributed by atoms with E-state index in [0.717, 1.165) is 27.6 Å². The number of nitrogens with zero attached hydrogens (tertiary/aromatic N) is 4. The Morgan fingerprint density at radius 1 is 1.03 bits per heavy atom. The Morgan fingerprint density at radius 3 is 2.52 bits per heavy atom. The van der Waals surface area contributed by atoms with Crippen molar-refractivity contribution in [3.8, 4) is 11.9 Å². The lowest BCUT2D eigenvalue weighted by Gasteiger charge is -2.13. The van der Waals surface area contributed by atoms with E-state index >= 15 is 0 Å². The molecule has 0 saturated carbocycles. The number of ketones is 1. The molecule has 0 saturated heterocycles. The molecule has 33 heavy (non-hydrogen) atoms. The summed E-state index contributed by atoms with van der Waals surface area (Å²) in [6.45, 7) is 6.04. The minimum Gasteiger partial charge on any atom is -0.309 e. The van der Waals surface area contributed by atoms with Crippen LogP contribution in [0.2, 0.25) is 0 Å². The van der Waals surface area contributed by atoms with Crippen LogP contribution in [0.3, 0.4) is 0 Å². The van der Waals surface area contributed by atoms with E-state index in [2.05, 4.69) is 28.6 Å². The molecule has 0 bridgehead atoms. The number of aryl methyl sites for hydroxylation is 3. The summed E-state index contributed by atoms with van der Waals surface area (Å²) in [6.07, 6.45) is 1.46. The summed E-state index contributed by atoms with van der Waals surface area (Å²) in [5.74, 6) is 0.258. The lowest BCUT2D eigenvalue weighted by molar-refractivity contribution is -0.116. The Hall–Kier alpha value is -4.31. The highest BCUT2D eigenvalue weighted by Crippen LogP contribution is 2.26. The first-order valence-corrected chi connectivity index (χ1v) is 10.6. The predicted molar refractivity (Wildman–Crippen MR) is 126 cm³/mol. The number of rotatable bonds is 6. The molecule has 0 aliphatic rings. The lowest BCUT2D eigenvalue weighted by Crippen LogP contribution is -2.17. The predicted octanol–water partition coefficient (Wildman–Crippen LogP) is 4.82. The molecular weight excluding hydrogens is 414 g/mol. The van der Waals surface area contributed by atoms with Crippen LogP contribution in [-0.4, -0.2) is 26.5 Å². The maximum absolute atomic E-state index is 12.6. The van der Waals surface area contributed by atoms with Crippen molar-refractivity contribution in [2.75, 3.05) is 5.32 Å². The second-order valence-corrected chi connectivity index (χ2v) is 8.04. The smallest absolute Gasteiger partial charge is 0.226 e. The molecule has 0 fully saturated rings. The van der Waals surface area contributed by atoms with E-state index < -0.39 is 0 Å². The van der Waals surface area contributed by atoms with Crippen LogP contribution < -0.4 is 5.32 Å². The minimum atomic E-state index is -0.373. The number of anilines is 1. The highest BCUT2D eigenvalue weighted by atomic mass is 16.2. The molecular formula is C26H23N5O2. The van der Waals surface area contributed by atoms with Crippen molar-refractivity contribution in [3.63, 3.8) is 0 Å². The molecule has 164 valence electrons. The molecule has 1 N–H and O–H groups in total. The number of pyridine rings is 1. The number of nitriles is 1. The number of fused-ring (bicyclic) bond motifs is 1. The van der Waals surface area contributed by atoms with Gasteiger partial charge in [-0.3, -0.25) is 9.59 Å². The molecule has 0 aliphatic heterocycles. The molecule has 0 atom stereocenters. The van der Waals surface area contributed by atoms with Gasteiger partial charge in [0.25, 0.3) is 0 Å². The van der Waals surface area contributed by atoms with Gasteiger partial charge in [0.15, 0.2) is 17.4 Å². The molecule has 0 spiro atoms. The molecule has 7 nitrogen and oxygen atoms in total. The van der Waals surface area contributed by atoms with Crippen molar-refractivity contribution >= 4 is 28.4 Å². The minimum absolute atomic E-state index is 0.00760. The van der Waals surface area contributed by atoms with Crippen molar-refractivity contribution in [2.45, 2.75) is 33.6 Å². The van der Waals surface area contributed by atoms with E-state index in [0.29, 0.717) is 11.4 Å². The normalized spacial score (nSPS) is 10.7. The van der Waals surface area contributed by atoms with Crippen LogP contribution in [-0.2, 0) is 4.79 Å². The Balaban J connectivity index is 1.61. The molecule has 2 heterocycles. The van der Waals surface area contributed by atoms with Crippen LogP contribution in [0.15, 0.2) is 54.7 Å². The van der Waals surface area contributed by atoms with Gasteiger partial charge >= 0.3 is 0 Å². The Kier molecular flexibility index (Phi) is 6.01. The summed E-state index contributed by atoms with van der Waals surface area (Å²) < 4.78 is 1.46. The average Bonchev–Trinajstić information content (AvgIpc) is 3.21. The Morgan fingerprint density at radius 2 is 1.79 bits per heavy atom. The fraction of sp³-hybridized carbons (Fsp3) is 0.192. The second kappa shape index (κ2) is 9.05. The van der Waals surface area contributed by atoms with Crippen molar-refractivity contribution in [1.29, 1.82) is 5.26 Å². The average molecular weight is 438 g/mol. The molecule has 2 aromatic heterocycles. The van der Waals surface area contributed by atoms with E-state index in [1.165, 1.54) is 10.9 Å². The second-order valence-electron chi connectivity index (χ2n) is 8.04. The number of nitrogens with one attached hydrogen (secondary N) is 1. The quantitative estimate of drug-likeness (QED) is 0.436. The fourth-order valence-corrected chi connectivity index (χ4v) is 3.85. The largest absolute Gasteiger partial charge is 0.309 e. The van der Waals surface area contributed by atoms with Crippen molar-refractivity contribution < 1.29 is 9.59 Å². The van der Waals surface area contributed by atoms with Gasteiger partial charge < -0.3 is 5.32 Å². The summed E-state index contributed by atoms with van der Waals surface area (Å²) in [5, 5.41) is 17.6. The van der Waals surface area contributed by atoms with Gasteiger partial charge in [-0.15, -0.1) is 0 Å². The topological polar surface area (TPSA) is 101 Å². The first kappa shape index (κ1) is 21.9. The van der Waals surface area contributed by atoms with Crippen LogP contribution in [0, 0.1) is 32.1 Å². The number of hydrogen-bond donors (Lipinski definition) is 1. The van der Waals surface area contributed by atoms with Gasteiger partial charge in [-0.2, -0.15) is 15.0 Å². The SMILES string of the molecule is Cc1cc(C)c2nc(-n3ncc(C#N)c3NC(=O)CCC(=O)c3ccccc3)cc(C)c2c1. The third kappa shape index (κ3) is 4.51. The first-order valence-electron chi connectivity index (χ1n) is 10.6. The Bertz CT molecular complexity index is 1410. The molecule has 0 unspecified atom stereocenters. The van der Waals surface area contributed by atoms with E-state index in [1.54, 1.807) is 24.3 Å². The number of carbonyl (C=O) groups excluding carboxylic acids is 2. The van der Waals surface area contributed by atoms with Crippen LogP contribution in [0.5, 0.6) is 0 Å². The molecule has 1 amide bonds. The van der Waals surface area contributed by atoms with E-state index in [4.69, 9.17) is 4.98 Å². The zero-order valence-electron chi connectivity index (χ0n) is 18.7.